The van der Waals surface area contributed by atoms with Gasteiger partial charge in [0.25, 0.3) is 0 Å². The molecule has 3 nitrogen and oxygen atoms in total. The summed E-state index contributed by atoms with van der Waals surface area (Å²) in [6.45, 7) is 11.9. The molecule has 0 aromatic heterocycles. The van der Waals surface area contributed by atoms with Crippen LogP contribution in [0, 0.1) is 5.92 Å². The summed E-state index contributed by atoms with van der Waals surface area (Å²) < 4.78 is 5.30. The Balaban J connectivity index is 1.99. The van der Waals surface area contributed by atoms with E-state index in [1.54, 1.807) is 0 Å². The molecular weight excluding hydrogens is 212 g/mol. The number of ether oxygens (including phenoxy) is 1. The van der Waals surface area contributed by atoms with Gasteiger partial charge in [-0.2, -0.15) is 0 Å². The molecule has 3 heteroatoms. The highest BCUT2D eigenvalue weighted by atomic mass is 16.5. The molecule has 0 amide bonds. The van der Waals surface area contributed by atoms with E-state index in [0.29, 0.717) is 0 Å². The smallest absolute Gasteiger partial charge is 0.0590 e. The molecule has 17 heavy (non-hydrogen) atoms. The van der Waals surface area contributed by atoms with Gasteiger partial charge in [0.05, 0.1) is 6.61 Å². The third-order valence-electron chi connectivity index (χ3n) is 3.75. The van der Waals surface area contributed by atoms with E-state index < -0.39 is 0 Å². The van der Waals surface area contributed by atoms with Crippen LogP contribution in [-0.2, 0) is 4.74 Å². The lowest BCUT2D eigenvalue weighted by atomic mass is 9.98. The summed E-state index contributed by atoms with van der Waals surface area (Å²) in [4.78, 5) is 2.61. The van der Waals surface area contributed by atoms with E-state index in [9.17, 15) is 0 Å². The molecule has 0 aromatic carbocycles. The van der Waals surface area contributed by atoms with Crippen LogP contribution >= 0.6 is 0 Å². The Morgan fingerprint density at radius 3 is 2.82 bits per heavy atom. The minimum absolute atomic E-state index is 0.826. The third kappa shape index (κ3) is 7.02. The number of rotatable bonds is 8. The fraction of sp³-hybridized carbons (Fsp3) is 1.00. The molecule has 1 rings (SSSR count). The highest BCUT2D eigenvalue weighted by molar-refractivity contribution is 4.69. The number of hydrogen-bond acceptors (Lipinski definition) is 3. The second-order valence-electron chi connectivity index (χ2n) is 4.99. The lowest BCUT2D eigenvalue weighted by molar-refractivity contribution is 0.148. The first-order valence-corrected chi connectivity index (χ1v) is 7.37. The van der Waals surface area contributed by atoms with Crippen LogP contribution in [0.4, 0.5) is 0 Å². The molecule has 1 N–H and O–H groups in total. The molecule has 1 fully saturated rings. The van der Waals surface area contributed by atoms with Crippen molar-refractivity contribution in [2.75, 3.05) is 45.9 Å². The van der Waals surface area contributed by atoms with Crippen LogP contribution in [0.5, 0.6) is 0 Å². The second kappa shape index (κ2) is 9.86. The number of nitrogens with one attached hydrogen (secondary N) is 1. The minimum Gasteiger partial charge on any atom is -0.380 e. The van der Waals surface area contributed by atoms with Gasteiger partial charge < -0.3 is 15.0 Å². The van der Waals surface area contributed by atoms with Crippen molar-refractivity contribution in [2.24, 2.45) is 5.92 Å². The molecule has 0 aromatic rings. The van der Waals surface area contributed by atoms with E-state index in [0.717, 1.165) is 32.2 Å². The number of likely N-dealkylation sites (tertiary alicyclic amines) is 1. The zero-order valence-corrected chi connectivity index (χ0v) is 11.7. The van der Waals surface area contributed by atoms with Crippen molar-refractivity contribution in [3.63, 3.8) is 0 Å². The first-order chi connectivity index (χ1) is 8.36. The average Bonchev–Trinajstić information content (AvgIpc) is 2.59. The van der Waals surface area contributed by atoms with E-state index in [2.05, 4.69) is 17.1 Å². The van der Waals surface area contributed by atoms with Gasteiger partial charge in [0.2, 0.25) is 0 Å². The zero-order valence-electron chi connectivity index (χ0n) is 11.7. The van der Waals surface area contributed by atoms with Crippen LogP contribution in [0.1, 0.15) is 39.5 Å². The molecule has 0 saturated carbocycles. The summed E-state index contributed by atoms with van der Waals surface area (Å²) in [6, 6.07) is 0. The Bertz CT molecular complexity index is 176. The molecule has 1 atom stereocenters. The summed E-state index contributed by atoms with van der Waals surface area (Å²) in [5.41, 5.74) is 0. The Hall–Kier alpha value is -0.120. The lowest BCUT2D eigenvalue weighted by Crippen LogP contribution is -2.34. The zero-order chi connectivity index (χ0) is 12.3. The fourth-order valence-electron chi connectivity index (χ4n) is 2.51. The van der Waals surface area contributed by atoms with E-state index in [1.165, 1.54) is 45.3 Å². The monoisotopic (exact) mass is 242 g/mol. The Morgan fingerprint density at radius 1 is 1.18 bits per heavy atom. The highest BCUT2D eigenvalue weighted by Crippen LogP contribution is 2.19. The van der Waals surface area contributed by atoms with Gasteiger partial charge in [-0.3, -0.25) is 0 Å². The Morgan fingerprint density at radius 2 is 2.06 bits per heavy atom. The molecule has 102 valence electrons. The topological polar surface area (TPSA) is 24.5 Å². The van der Waals surface area contributed by atoms with Crippen molar-refractivity contribution >= 4 is 0 Å². The average molecular weight is 242 g/mol. The molecule has 0 spiro atoms. The lowest BCUT2D eigenvalue weighted by Gasteiger charge is -2.20. The molecule has 0 aliphatic carbocycles. The summed E-state index contributed by atoms with van der Waals surface area (Å²) in [5, 5.41) is 3.45. The van der Waals surface area contributed by atoms with Crippen LogP contribution in [0.3, 0.4) is 0 Å². The maximum Gasteiger partial charge on any atom is 0.0590 e. The first kappa shape index (κ1) is 14.9. The van der Waals surface area contributed by atoms with Gasteiger partial charge in [-0.05, 0) is 45.2 Å². The van der Waals surface area contributed by atoms with Crippen molar-refractivity contribution in [1.29, 1.82) is 0 Å². The SMILES string of the molecule is CCOCCNCCN1CCCC(CC)CC1. The third-order valence-corrected chi connectivity index (χ3v) is 3.75. The summed E-state index contributed by atoms with van der Waals surface area (Å²) >= 11 is 0. The molecule has 1 saturated heterocycles. The van der Waals surface area contributed by atoms with Gasteiger partial charge in [-0.15, -0.1) is 0 Å². The van der Waals surface area contributed by atoms with Crippen molar-refractivity contribution < 1.29 is 4.74 Å². The highest BCUT2D eigenvalue weighted by Gasteiger charge is 2.14. The van der Waals surface area contributed by atoms with Crippen molar-refractivity contribution in [2.45, 2.75) is 39.5 Å². The quantitative estimate of drug-likeness (QED) is 0.660. The maximum absolute atomic E-state index is 5.30. The van der Waals surface area contributed by atoms with Gasteiger partial charge >= 0.3 is 0 Å². The molecular formula is C14H30N2O. The molecule has 1 heterocycles. The molecule has 1 aliphatic heterocycles. The number of nitrogens with zero attached hydrogens (tertiary/aromatic N) is 1. The van der Waals surface area contributed by atoms with Crippen molar-refractivity contribution in [3.05, 3.63) is 0 Å². The standard InChI is InChI=1S/C14H30N2O/c1-3-14-6-5-10-16(11-7-14)12-8-15-9-13-17-4-2/h14-15H,3-13H2,1-2H3. The van der Waals surface area contributed by atoms with Crippen LogP contribution in [0.15, 0.2) is 0 Å². The van der Waals surface area contributed by atoms with Crippen LogP contribution in [0.25, 0.3) is 0 Å². The predicted octanol–water partition coefficient (Wildman–Crippen LogP) is 2.12. The molecule has 0 radical (unpaired) electrons. The summed E-state index contributed by atoms with van der Waals surface area (Å²) in [5.74, 6) is 0.978. The summed E-state index contributed by atoms with van der Waals surface area (Å²) in [6.07, 6.45) is 5.58. The van der Waals surface area contributed by atoms with Crippen molar-refractivity contribution in [1.82, 2.24) is 10.2 Å². The Kier molecular flexibility index (Phi) is 8.67. The minimum atomic E-state index is 0.826. The van der Waals surface area contributed by atoms with Crippen LogP contribution in [0.2, 0.25) is 0 Å². The van der Waals surface area contributed by atoms with Gasteiger partial charge in [-0.25, -0.2) is 0 Å². The van der Waals surface area contributed by atoms with Crippen LogP contribution in [-0.4, -0.2) is 50.8 Å². The van der Waals surface area contributed by atoms with E-state index >= 15 is 0 Å². The van der Waals surface area contributed by atoms with Gasteiger partial charge in [-0.1, -0.05) is 13.3 Å². The second-order valence-corrected chi connectivity index (χ2v) is 4.99. The summed E-state index contributed by atoms with van der Waals surface area (Å²) in [7, 11) is 0. The van der Waals surface area contributed by atoms with Crippen LogP contribution < -0.4 is 5.32 Å². The normalized spacial score (nSPS) is 22.6. The number of hydrogen-bond donors (Lipinski definition) is 1. The maximum atomic E-state index is 5.30. The van der Waals surface area contributed by atoms with Gasteiger partial charge in [0, 0.05) is 26.2 Å². The van der Waals surface area contributed by atoms with E-state index in [4.69, 9.17) is 4.74 Å². The Labute approximate surface area is 107 Å². The molecule has 1 aliphatic rings. The van der Waals surface area contributed by atoms with E-state index in [1.807, 2.05) is 6.92 Å². The van der Waals surface area contributed by atoms with Gasteiger partial charge in [0.15, 0.2) is 0 Å². The predicted molar refractivity (Wildman–Crippen MR) is 73.4 cm³/mol. The first-order valence-electron chi connectivity index (χ1n) is 7.37. The van der Waals surface area contributed by atoms with Crippen molar-refractivity contribution in [3.8, 4) is 0 Å². The van der Waals surface area contributed by atoms with Gasteiger partial charge in [0.1, 0.15) is 0 Å². The fourth-order valence-corrected chi connectivity index (χ4v) is 2.51. The molecule has 0 bridgehead atoms. The molecule has 1 unspecified atom stereocenters. The largest absolute Gasteiger partial charge is 0.380 e. The van der Waals surface area contributed by atoms with E-state index in [-0.39, 0.29) is 0 Å².